The summed E-state index contributed by atoms with van der Waals surface area (Å²) >= 11 is 0. The van der Waals surface area contributed by atoms with Gasteiger partial charge in [-0.05, 0) is 62.7 Å². The normalized spacial score (nSPS) is 11.9. The smallest absolute Gasteiger partial charge is 0.265 e. The van der Waals surface area contributed by atoms with Crippen molar-refractivity contribution in [2.24, 2.45) is 0 Å². The Bertz CT molecular complexity index is 1220. The lowest BCUT2D eigenvalue weighted by molar-refractivity contribution is -0.122. The van der Waals surface area contributed by atoms with Crippen LogP contribution in [0, 0.1) is 13.8 Å². The standard InChI is InChI=1S/C24H24N4O3/c1-15-14-21(31-17(3)24(29)25-18-10-12-20(30-4)13-11-18)26-23-22(15)16(2)27-28(23)19-8-6-5-7-9-19/h5-14,17H,1-4H3,(H,25,29)/t17-/m1/s1. The van der Waals surface area contributed by atoms with Crippen molar-refractivity contribution >= 4 is 22.6 Å². The Morgan fingerprint density at radius 3 is 2.45 bits per heavy atom. The van der Waals surface area contributed by atoms with E-state index in [0.717, 1.165) is 28.1 Å². The van der Waals surface area contributed by atoms with Crippen molar-refractivity contribution in [3.8, 4) is 17.3 Å². The van der Waals surface area contributed by atoms with E-state index in [2.05, 4.69) is 15.4 Å². The highest BCUT2D eigenvalue weighted by molar-refractivity contribution is 5.94. The number of hydrogen-bond donors (Lipinski definition) is 1. The number of benzene rings is 2. The van der Waals surface area contributed by atoms with Crippen LogP contribution in [0.1, 0.15) is 18.2 Å². The lowest BCUT2D eigenvalue weighted by Crippen LogP contribution is -2.30. The summed E-state index contributed by atoms with van der Waals surface area (Å²) in [7, 11) is 1.60. The van der Waals surface area contributed by atoms with E-state index in [1.54, 1.807) is 43.0 Å². The van der Waals surface area contributed by atoms with Crippen molar-refractivity contribution in [2.75, 3.05) is 12.4 Å². The van der Waals surface area contributed by atoms with E-state index >= 15 is 0 Å². The zero-order valence-electron chi connectivity index (χ0n) is 17.9. The van der Waals surface area contributed by atoms with Gasteiger partial charge in [0.25, 0.3) is 5.91 Å². The quantitative estimate of drug-likeness (QED) is 0.502. The van der Waals surface area contributed by atoms with Crippen LogP contribution >= 0.6 is 0 Å². The van der Waals surface area contributed by atoms with Crippen LogP contribution in [0.5, 0.6) is 11.6 Å². The number of carbonyl (C=O) groups is 1. The van der Waals surface area contributed by atoms with E-state index in [1.807, 2.05) is 50.2 Å². The molecule has 4 rings (SSSR count). The molecule has 31 heavy (non-hydrogen) atoms. The molecule has 1 N–H and O–H groups in total. The number of nitrogens with zero attached hydrogens (tertiary/aromatic N) is 3. The highest BCUT2D eigenvalue weighted by Gasteiger charge is 2.19. The molecule has 4 aromatic rings. The largest absolute Gasteiger partial charge is 0.497 e. The van der Waals surface area contributed by atoms with Gasteiger partial charge in [-0.1, -0.05) is 18.2 Å². The van der Waals surface area contributed by atoms with Crippen LogP contribution in [-0.4, -0.2) is 33.9 Å². The zero-order chi connectivity index (χ0) is 22.0. The summed E-state index contributed by atoms with van der Waals surface area (Å²) in [6, 6.07) is 18.8. The molecule has 2 heterocycles. The minimum atomic E-state index is -0.736. The third-order valence-electron chi connectivity index (χ3n) is 5.01. The molecule has 7 heteroatoms. The van der Waals surface area contributed by atoms with Crippen molar-refractivity contribution in [1.82, 2.24) is 14.8 Å². The van der Waals surface area contributed by atoms with Gasteiger partial charge in [0.2, 0.25) is 5.88 Å². The molecule has 0 spiro atoms. The number of amides is 1. The number of fused-ring (bicyclic) bond motifs is 1. The maximum atomic E-state index is 12.6. The molecule has 2 aromatic carbocycles. The van der Waals surface area contributed by atoms with Crippen molar-refractivity contribution in [3.63, 3.8) is 0 Å². The predicted octanol–water partition coefficient (Wildman–Crippen LogP) is 4.45. The van der Waals surface area contributed by atoms with Crippen LogP contribution < -0.4 is 14.8 Å². The molecule has 7 nitrogen and oxygen atoms in total. The highest BCUT2D eigenvalue weighted by atomic mass is 16.5. The van der Waals surface area contributed by atoms with E-state index in [0.29, 0.717) is 17.2 Å². The Kier molecular flexibility index (Phi) is 5.58. The Balaban J connectivity index is 1.58. The second-order valence-corrected chi connectivity index (χ2v) is 7.29. The minimum absolute atomic E-state index is 0.266. The fourth-order valence-electron chi connectivity index (χ4n) is 3.44. The molecule has 0 fully saturated rings. The molecule has 0 radical (unpaired) electrons. The maximum Gasteiger partial charge on any atom is 0.265 e. The van der Waals surface area contributed by atoms with Crippen molar-refractivity contribution in [3.05, 3.63) is 71.9 Å². The Hall–Kier alpha value is -3.87. The lowest BCUT2D eigenvalue weighted by Gasteiger charge is -2.15. The van der Waals surface area contributed by atoms with Gasteiger partial charge in [0.15, 0.2) is 11.8 Å². The van der Waals surface area contributed by atoms with E-state index < -0.39 is 6.10 Å². The van der Waals surface area contributed by atoms with E-state index in [4.69, 9.17) is 9.47 Å². The minimum Gasteiger partial charge on any atom is -0.497 e. The number of pyridine rings is 1. The predicted molar refractivity (Wildman–Crippen MR) is 120 cm³/mol. The van der Waals surface area contributed by atoms with Crippen LogP contribution in [0.4, 0.5) is 5.69 Å². The first-order chi connectivity index (χ1) is 15.0. The Morgan fingerprint density at radius 1 is 1.06 bits per heavy atom. The molecular weight excluding hydrogens is 392 g/mol. The average Bonchev–Trinajstić information content (AvgIpc) is 3.11. The second-order valence-electron chi connectivity index (χ2n) is 7.29. The van der Waals surface area contributed by atoms with Crippen LogP contribution in [0.3, 0.4) is 0 Å². The second kappa shape index (κ2) is 8.47. The van der Waals surface area contributed by atoms with E-state index in [-0.39, 0.29) is 5.91 Å². The number of nitrogens with one attached hydrogen (secondary N) is 1. The molecule has 1 amide bonds. The van der Waals surface area contributed by atoms with Gasteiger partial charge in [0, 0.05) is 17.1 Å². The van der Waals surface area contributed by atoms with Crippen LogP contribution in [0.2, 0.25) is 0 Å². The monoisotopic (exact) mass is 416 g/mol. The highest BCUT2D eigenvalue weighted by Crippen LogP contribution is 2.27. The summed E-state index contributed by atoms with van der Waals surface area (Å²) in [6.07, 6.45) is -0.736. The zero-order valence-corrected chi connectivity index (χ0v) is 17.9. The van der Waals surface area contributed by atoms with Gasteiger partial charge in [-0.15, -0.1) is 0 Å². The van der Waals surface area contributed by atoms with Gasteiger partial charge >= 0.3 is 0 Å². The summed E-state index contributed by atoms with van der Waals surface area (Å²) < 4.78 is 12.8. The molecular formula is C24H24N4O3. The summed E-state index contributed by atoms with van der Waals surface area (Å²) in [4.78, 5) is 17.3. The molecule has 0 bridgehead atoms. The number of anilines is 1. The van der Waals surface area contributed by atoms with Gasteiger partial charge in [-0.2, -0.15) is 10.1 Å². The molecule has 1 atom stereocenters. The van der Waals surface area contributed by atoms with Gasteiger partial charge in [-0.25, -0.2) is 4.68 Å². The first-order valence-electron chi connectivity index (χ1n) is 10.00. The molecule has 0 unspecified atom stereocenters. The molecule has 0 aliphatic carbocycles. The SMILES string of the molecule is COc1ccc(NC(=O)[C@@H](C)Oc2cc(C)c3c(C)nn(-c4ccccc4)c3n2)cc1. The van der Waals surface area contributed by atoms with Crippen molar-refractivity contribution < 1.29 is 14.3 Å². The fraction of sp³-hybridized carbons (Fsp3) is 0.208. The lowest BCUT2D eigenvalue weighted by atomic mass is 10.1. The van der Waals surface area contributed by atoms with Gasteiger partial charge in [0.05, 0.1) is 18.5 Å². The van der Waals surface area contributed by atoms with Gasteiger partial charge in [-0.3, -0.25) is 4.79 Å². The molecule has 0 saturated heterocycles. The number of rotatable bonds is 6. The topological polar surface area (TPSA) is 78.3 Å². The van der Waals surface area contributed by atoms with E-state index in [1.165, 1.54) is 0 Å². The number of para-hydroxylation sites is 1. The van der Waals surface area contributed by atoms with Crippen LogP contribution in [-0.2, 0) is 4.79 Å². The molecule has 158 valence electrons. The van der Waals surface area contributed by atoms with Gasteiger partial charge < -0.3 is 14.8 Å². The third-order valence-corrected chi connectivity index (χ3v) is 5.01. The van der Waals surface area contributed by atoms with Crippen molar-refractivity contribution in [1.29, 1.82) is 0 Å². The number of aromatic nitrogens is 3. The molecule has 2 aromatic heterocycles. The first kappa shape index (κ1) is 20.4. The summed E-state index contributed by atoms with van der Waals surface area (Å²) in [5.41, 5.74) is 4.15. The summed E-state index contributed by atoms with van der Waals surface area (Å²) in [6.45, 7) is 5.64. The Labute approximate surface area is 180 Å². The fourth-order valence-corrected chi connectivity index (χ4v) is 3.44. The van der Waals surface area contributed by atoms with Crippen molar-refractivity contribution in [2.45, 2.75) is 26.9 Å². The average molecular weight is 416 g/mol. The first-order valence-corrected chi connectivity index (χ1v) is 10.00. The third kappa shape index (κ3) is 4.21. The molecule has 0 aliphatic heterocycles. The molecule has 0 aliphatic rings. The number of carbonyl (C=O) groups excluding carboxylic acids is 1. The Morgan fingerprint density at radius 2 is 1.77 bits per heavy atom. The number of ether oxygens (including phenoxy) is 2. The molecule has 0 saturated carbocycles. The number of methoxy groups -OCH3 is 1. The number of aryl methyl sites for hydroxylation is 2. The van der Waals surface area contributed by atoms with Crippen LogP contribution in [0.15, 0.2) is 60.7 Å². The number of hydrogen-bond acceptors (Lipinski definition) is 5. The summed E-state index contributed by atoms with van der Waals surface area (Å²) in [5.74, 6) is 0.831. The summed E-state index contributed by atoms with van der Waals surface area (Å²) in [5, 5.41) is 8.48. The van der Waals surface area contributed by atoms with E-state index in [9.17, 15) is 4.79 Å². The maximum absolute atomic E-state index is 12.6. The van der Waals surface area contributed by atoms with Crippen LogP contribution in [0.25, 0.3) is 16.7 Å². The van der Waals surface area contributed by atoms with Gasteiger partial charge in [0.1, 0.15) is 5.75 Å².